The van der Waals surface area contributed by atoms with Crippen molar-refractivity contribution in [2.24, 2.45) is 0 Å². The van der Waals surface area contributed by atoms with E-state index in [2.05, 4.69) is 5.32 Å². The Morgan fingerprint density at radius 1 is 1.08 bits per heavy atom. The largest absolute Gasteiger partial charge is 0.478 e. The summed E-state index contributed by atoms with van der Waals surface area (Å²) in [6.45, 7) is 6.57. The fourth-order valence-corrected chi connectivity index (χ4v) is 1.98. The molecule has 0 saturated carbocycles. The van der Waals surface area contributed by atoms with Gasteiger partial charge in [0, 0.05) is 6.20 Å². The first-order chi connectivity index (χ1) is 11.6. The number of ether oxygens (including phenoxy) is 2. The first-order valence-electron chi connectivity index (χ1n) is 7.54. The Kier molecular flexibility index (Phi) is 7.44. The van der Waals surface area contributed by atoms with Crippen LogP contribution in [0.15, 0.2) is 30.0 Å². The zero-order valence-corrected chi connectivity index (χ0v) is 15.1. The zero-order valence-electron chi connectivity index (χ0n) is 14.3. The van der Waals surface area contributed by atoms with Crippen molar-refractivity contribution in [3.63, 3.8) is 0 Å². The van der Waals surface area contributed by atoms with E-state index in [0.717, 1.165) is 6.20 Å². The van der Waals surface area contributed by atoms with E-state index in [1.807, 2.05) is 0 Å². The molecule has 0 radical (unpaired) electrons. The highest BCUT2D eigenvalue weighted by Gasteiger charge is 2.23. The van der Waals surface area contributed by atoms with Crippen LogP contribution in [0.1, 0.15) is 38.1 Å². The minimum absolute atomic E-state index is 0.0555. The molecular weight excluding hydrogens is 350 g/mol. The van der Waals surface area contributed by atoms with Gasteiger partial charge in [0.1, 0.15) is 0 Å². The number of anilines is 1. The third kappa shape index (κ3) is 6.11. The molecule has 0 heterocycles. The molecule has 1 aromatic rings. The van der Waals surface area contributed by atoms with Gasteiger partial charge < -0.3 is 19.9 Å². The van der Waals surface area contributed by atoms with Crippen molar-refractivity contribution in [3.8, 4) is 0 Å². The number of carbonyl (C=O) groups is 3. The van der Waals surface area contributed by atoms with Crippen molar-refractivity contribution in [3.05, 3.63) is 40.6 Å². The fourth-order valence-electron chi connectivity index (χ4n) is 1.71. The summed E-state index contributed by atoms with van der Waals surface area (Å²) < 4.78 is 10.0. The van der Waals surface area contributed by atoms with Gasteiger partial charge in [0.25, 0.3) is 0 Å². The molecule has 7 nitrogen and oxygen atoms in total. The average Bonchev–Trinajstić information content (AvgIpc) is 2.47. The van der Waals surface area contributed by atoms with Gasteiger partial charge >= 0.3 is 17.9 Å². The van der Waals surface area contributed by atoms with Crippen molar-refractivity contribution >= 4 is 35.2 Å². The molecule has 136 valence electrons. The number of carboxylic acids is 1. The summed E-state index contributed by atoms with van der Waals surface area (Å²) in [7, 11) is 0. The van der Waals surface area contributed by atoms with Gasteiger partial charge in [-0.05, 0) is 39.8 Å². The highest BCUT2D eigenvalue weighted by molar-refractivity contribution is 6.36. The number of benzene rings is 1. The normalized spacial score (nSPS) is 10.4. The maximum Gasteiger partial charge on any atom is 0.347 e. The molecule has 0 aliphatic carbocycles. The van der Waals surface area contributed by atoms with Gasteiger partial charge in [-0.25, -0.2) is 14.4 Å². The van der Waals surface area contributed by atoms with Crippen LogP contribution in [0.5, 0.6) is 0 Å². The third-order valence-electron chi connectivity index (χ3n) is 2.73. The molecule has 0 atom stereocenters. The van der Waals surface area contributed by atoms with Crippen LogP contribution in [0, 0.1) is 0 Å². The number of esters is 2. The lowest BCUT2D eigenvalue weighted by atomic mass is 10.2. The molecule has 25 heavy (non-hydrogen) atoms. The summed E-state index contributed by atoms with van der Waals surface area (Å²) >= 11 is 6.01. The molecule has 0 bridgehead atoms. The van der Waals surface area contributed by atoms with E-state index < -0.39 is 30.1 Å². The van der Waals surface area contributed by atoms with E-state index >= 15 is 0 Å². The first kappa shape index (κ1) is 20.5. The van der Waals surface area contributed by atoms with Crippen LogP contribution in [0.25, 0.3) is 0 Å². The van der Waals surface area contributed by atoms with E-state index in [4.69, 9.17) is 26.2 Å². The SMILES string of the molecule is CC(C)OC(=O)C(=CNc1cccc(C(=O)O)c1Cl)C(=O)OC(C)C. The predicted octanol–water partition coefficient (Wildman–Crippen LogP) is 3.24. The Morgan fingerprint density at radius 3 is 2.04 bits per heavy atom. The summed E-state index contributed by atoms with van der Waals surface area (Å²) in [5.74, 6) is -2.92. The molecule has 0 amide bonds. The van der Waals surface area contributed by atoms with E-state index in [1.165, 1.54) is 18.2 Å². The Balaban J connectivity index is 3.14. The van der Waals surface area contributed by atoms with Gasteiger partial charge in [-0.2, -0.15) is 0 Å². The van der Waals surface area contributed by atoms with Gasteiger partial charge in [-0.1, -0.05) is 17.7 Å². The minimum atomic E-state index is -1.20. The molecule has 0 aliphatic rings. The second-order valence-corrected chi connectivity index (χ2v) is 5.96. The molecule has 8 heteroatoms. The van der Waals surface area contributed by atoms with Crippen LogP contribution >= 0.6 is 11.6 Å². The molecule has 1 aromatic carbocycles. The first-order valence-corrected chi connectivity index (χ1v) is 7.91. The zero-order chi connectivity index (χ0) is 19.1. The summed E-state index contributed by atoms with van der Waals surface area (Å²) in [5.41, 5.74) is -0.260. The lowest BCUT2D eigenvalue weighted by Gasteiger charge is -2.13. The lowest BCUT2D eigenvalue weighted by Crippen LogP contribution is -2.24. The van der Waals surface area contributed by atoms with E-state index in [9.17, 15) is 14.4 Å². The number of hydrogen-bond donors (Lipinski definition) is 2. The van der Waals surface area contributed by atoms with Crippen LogP contribution in [-0.4, -0.2) is 35.2 Å². The van der Waals surface area contributed by atoms with Crippen molar-refractivity contribution in [2.75, 3.05) is 5.32 Å². The van der Waals surface area contributed by atoms with Crippen molar-refractivity contribution in [1.29, 1.82) is 0 Å². The maximum atomic E-state index is 12.1. The molecule has 0 fully saturated rings. The van der Waals surface area contributed by atoms with Gasteiger partial charge in [0.15, 0.2) is 5.57 Å². The Bertz CT molecular complexity index is 672. The Hall–Kier alpha value is -2.54. The summed E-state index contributed by atoms with van der Waals surface area (Å²) in [4.78, 5) is 35.3. The second kappa shape index (κ2) is 9.08. The van der Waals surface area contributed by atoms with Crippen molar-refractivity contribution in [2.45, 2.75) is 39.9 Å². The van der Waals surface area contributed by atoms with Crippen LogP contribution in [0.4, 0.5) is 5.69 Å². The van der Waals surface area contributed by atoms with E-state index in [0.29, 0.717) is 0 Å². The quantitative estimate of drug-likeness (QED) is 0.329. The molecule has 0 saturated heterocycles. The van der Waals surface area contributed by atoms with Crippen LogP contribution in [0.2, 0.25) is 5.02 Å². The lowest BCUT2D eigenvalue weighted by molar-refractivity contribution is -0.150. The van der Waals surface area contributed by atoms with Crippen LogP contribution < -0.4 is 5.32 Å². The molecule has 0 unspecified atom stereocenters. The smallest absolute Gasteiger partial charge is 0.347 e. The van der Waals surface area contributed by atoms with Crippen LogP contribution in [-0.2, 0) is 19.1 Å². The standard InChI is InChI=1S/C17H20ClNO6/c1-9(2)24-16(22)12(17(23)25-10(3)4)8-19-13-7-5-6-11(14(13)18)15(20)21/h5-10,19H,1-4H3,(H,20,21). The molecule has 2 N–H and O–H groups in total. The average molecular weight is 370 g/mol. The van der Waals surface area contributed by atoms with E-state index in [1.54, 1.807) is 27.7 Å². The van der Waals surface area contributed by atoms with Gasteiger partial charge in [0.05, 0.1) is 28.5 Å². The highest BCUT2D eigenvalue weighted by atomic mass is 35.5. The molecule has 0 aromatic heterocycles. The Labute approximate surface area is 150 Å². The predicted molar refractivity (Wildman–Crippen MR) is 92.6 cm³/mol. The van der Waals surface area contributed by atoms with E-state index in [-0.39, 0.29) is 21.8 Å². The molecule has 0 aliphatic heterocycles. The summed E-state index contributed by atoms with van der Waals surface area (Å²) in [6, 6.07) is 4.31. The molecule has 0 spiro atoms. The number of hydrogen-bond acceptors (Lipinski definition) is 6. The maximum absolute atomic E-state index is 12.1. The van der Waals surface area contributed by atoms with Crippen molar-refractivity contribution in [1.82, 2.24) is 0 Å². The number of rotatable bonds is 7. The fraction of sp³-hybridized carbons (Fsp3) is 0.353. The number of nitrogens with one attached hydrogen (secondary N) is 1. The summed E-state index contributed by atoms with van der Waals surface area (Å²) in [5, 5.41) is 11.7. The van der Waals surface area contributed by atoms with Gasteiger partial charge in [-0.15, -0.1) is 0 Å². The number of halogens is 1. The summed E-state index contributed by atoms with van der Waals surface area (Å²) in [6.07, 6.45) is 0.228. The van der Waals surface area contributed by atoms with Gasteiger partial charge in [-0.3, -0.25) is 0 Å². The Morgan fingerprint density at radius 2 is 1.60 bits per heavy atom. The molecule has 1 rings (SSSR count). The molecular formula is C17H20ClNO6. The second-order valence-electron chi connectivity index (χ2n) is 5.58. The van der Waals surface area contributed by atoms with Gasteiger partial charge in [0.2, 0.25) is 0 Å². The topological polar surface area (TPSA) is 102 Å². The number of carbonyl (C=O) groups excluding carboxylic acids is 2. The van der Waals surface area contributed by atoms with Crippen LogP contribution in [0.3, 0.4) is 0 Å². The highest BCUT2D eigenvalue weighted by Crippen LogP contribution is 2.26. The number of aromatic carboxylic acids is 1. The third-order valence-corrected chi connectivity index (χ3v) is 3.13. The monoisotopic (exact) mass is 369 g/mol. The number of carboxylic acid groups (broad SMARTS) is 1. The minimum Gasteiger partial charge on any atom is -0.478 e. The van der Waals surface area contributed by atoms with Crippen molar-refractivity contribution < 1.29 is 29.0 Å².